The van der Waals surface area contributed by atoms with Crippen LogP contribution in [0.15, 0.2) is 81.7 Å². The first kappa shape index (κ1) is 23.5. The molecule has 0 saturated heterocycles. The summed E-state index contributed by atoms with van der Waals surface area (Å²) >= 11 is 1.39. The second-order valence-corrected chi connectivity index (χ2v) is 8.15. The van der Waals surface area contributed by atoms with Crippen LogP contribution >= 0.6 is 11.3 Å². The monoisotopic (exact) mass is 487 g/mol. The zero-order chi connectivity index (χ0) is 24.6. The zero-order valence-corrected chi connectivity index (χ0v) is 19.5. The highest BCUT2D eigenvalue weighted by atomic mass is 32.1. The van der Waals surface area contributed by atoms with Crippen molar-refractivity contribution in [3.63, 3.8) is 0 Å². The molecule has 176 valence electrons. The van der Waals surface area contributed by atoms with Crippen molar-refractivity contribution < 1.29 is 18.7 Å². The van der Waals surface area contributed by atoms with Crippen LogP contribution in [0.4, 0.5) is 0 Å². The third kappa shape index (κ3) is 5.85. The minimum atomic E-state index is -0.483. The summed E-state index contributed by atoms with van der Waals surface area (Å²) in [7, 11) is 1.59. The summed E-state index contributed by atoms with van der Waals surface area (Å²) in [4.78, 5) is 30.3. The van der Waals surface area contributed by atoms with Crippen molar-refractivity contribution >= 4 is 23.2 Å². The number of aromatic nitrogens is 1. The Morgan fingerprint density at radius 2 is 1.97 bits per heavy atom. The van der Waals surface area contributed by atoms with Crippen LogP contribution in [-0.4, -0.2) is 23.5 Å². The third-order valence-electron chi connectivity index (χ3n) is 4.97. The van der Waals surface area contributed by atoms with Gasteiger partial charge < -0.3 is 9.15 Å². The van der Waals surface area contributed by atoms with Gasteiger partial charge in [0.05, 0.1) is 37.1 Å². The molecule has 9 nitrogen and oxygen atoms in total. The van der Waals surface area contributed by atoms with Crippen LogP contribution in [0.5, 0.6) is 5.75 Å². The fraction of sp³-hybridized carbons (Fsp3) is 0.120. The quantitative estimate of drug-likeness (QED) is 0.388. The van der Waals surface area contributed by atoms with Gasteiger partial charge in [-0.25, -0.2) is 0 Å². The van der Waals surface area contributed by atoms with E-state index < -0.39 is 11.8 Å². The number of rotatable bonds is 7. The van der Waals surface area contributed by atoms with Crippen molar-refractivity contribution in [3.8, 4) is 17.5 Å². The summed E-state index contributed by atoms with van der Waals surface area (Å²) in [6, 6.07) is 19.2. The number of hydrogen-bond acceptors (Lipinski definition) is 7. The number of nitriles is 1. The van der Waals surface area contributed by atoms with Crippen LogP contribution in [0, 0.1) is 11.3 Å². The van der Waals surface area contributed by atoms with Crippen molar-refractivity contribution in [1.82, 2.24) is 15.4 Å². The van der Waals surface area contributed by atoms with Gasteiger partial charge in [0.2, 0.25) is 5.91 Å². The van der Waals surface area contributed by atoms with E-state index in [0.717, 1.165) is 11.4 Å². The van der Waals surface area contributed by atoms with Gasteiger partial charge in [0, 0.05) is 22.7 Å². The summed E-state index contributed by atoms with van der Waals surface area (Å²) < 4.78 is 12.6. The van der Waals surface area contributed by atoms with E-state index in [0.29, 0.717) is 33.9 Å². The number of hydrogen-bond donors (Lipinski definition) is 2. The molecule has 0 aliphatic heterocycles. The van der Waals surface area contributed by atoms with Gasteiger partial charge in [0.1, 0.15) is 18.1 Å². The second kappa shape index (κ2) is 11.0. The molecule has 0 fully saturated rings. The Labute approximate surface area is 204 Å². The molecule has 4 aromatic rings. The van der Waals surface area contributed by atoms with Crippen LogP contribution in [0.1, 0.15) is 27.4 Å². The maximum absolute atomic E-state index is 12.7. The Balaban J connectivity index is 1.53. The van der Waals surface area contributed by atoms with Crippen molar-refractivity contribution in [2.24, 2.45) is 4.99 Å². The molecule has 0 radical (unpaired) electrons. The molecule has 2 amide bonds. The van der Waals surface area contributed by atoms with E-state index in [9.17, 15) is 9.59 Å². The molecule has 0 unspecified atom stereocenters. The molecule has 2 heterocycles. The molecule has 0 bridgehead atoms. The molecule has 2 aromatic heterocycles. The number of ether oxygens (including phenoxy) is 1. The lowest BCUT2D eigenvalue weighted by molar-refractivity contribution is -0.121. The Kier molecular flexibility index (Phi) is 7.40. The van der Waals surface area contributed by atoms with Gasteiger partial charge in [-0.05, 0) is 48.5 Å². The predicted molar refractivity (Wildman–Crippen MR) is 129 cm³/mol. The Hall–Kier alpha value is -4.62. The average molecular weight is 488 g/mol. The molecule has 0 atom stereocenters. The molecule has 4 rings (SSSR count). The highest BCUT2D eigenvalue weighted by Crippen LogP contribution is 2.18. The van der Waals surface area contributed by atoms with E-state index in [1.165, 1.54) is 35.6 Å². The fourth-order valence-corrected chi connectivity index (χ4v) is 4.15. The minimum Gasteiger partial charge on any atom is -0.497 e. The van der Waals surface area contributed by atoms with Gasteiger partial charge in [-0.15, -0.1) is 11.3 Å². The van der Waals surface area contributed by atoms with E-state index in [4.69, 9.17) is 14.4 Å². The number of nitrogens with zero attached hydrogens (tertiary/aromatic N) is 3. The van der Waals surface area contributed by atoms with Crippen LogP contribution in [0.2, 0.25) is 0 Å². The minimum absolute atomic E-state index is 0.00235. The molecule has 2 aromatic carbocycles. The van der Waals surface area contributed by atoms with Gasteiger partial charge in [-0.2, -0.15) is 5.26 Å². The second-order valence-electron chi connectivity index (χ2n) is 7.31. The predicted octanol–water partition coefficient (Wildman–Crippen LogP) is 3.12. The molecule has 0 aliphatic rings. The topological polar surface area (TPSA) is 122 Å². The van der Waals surface area contributed by atoms with Crippen molar-refractivity contribution in [3.05, 3.63) is 99.7 Å². The SMILES string of the molecule is COc1cccc(-n2c(CC(=O)NNC(=O)c3ccc(C#N)cc3)csc2=NCc2ccco2)c1. The maximum Gasteiger partial charge on any atom is 0.269 e. The highest BCUT2D eigenvalue weighted by Gasteiger charge is 2.14. The number of nitrogens with one attached hydrogen (secondary N) is 2. The third-order valence-corrected chi connectivity index (χ3v) is 5.89. The summed E-state index contributed by atoms with van der Waals surface area (Å²) in [6.07, 6.45) is 1.59. The number of furan rings is 1. The molecular weight excluding hydrogens is 466 g/mol. The molecular formula is C25H21N5O4S. The zero-order valence-electron chi connectivity index (χ0n) is 18.7. The summed E-state index contributed by atoms with van der Waals surface area (Å²) in [6.45, 7) is 0.351. The maximum atomic E-state index is 12.7. The van der Waals surface area contributed by atoms with E-state index in [1.807, 2.05) is 46.3 Å². The molecule has 0 saturated carbocycles. The Morgan fingerprint density at radius 1 is 1.14 bits per heavy atom. The Morgan fingerprint density at radius 3 is 2.69 bits per heavy atom. The van der Waals surface area contributed by atoms with Crippen LogP contribution in [-0.2, 0) is 17.8 Å². The molecule has 0 spiro atoms. The smallest absolute Gasteiger partial charge is 0.269 e. The molecule has 35 heavy (non-hydrogen) atoms. The lowest BCUT2D eigenvalue weighted by Gasteiger charge is -2.11. The van der Waals surface area contributed by atoms with Crippen molar-refractivity contribution in [2.45, 2.75) is 13.0 Å². The highest BCUT2D eigenvalue weighted by molar-refractivity contribution is 7.07. The van der Waals surface area contributed by atoms with Crippen LogP contribution in [0.3, 0.4) is 0 Å². The van der Waals surface area contributed by atoms with E-state index in [2.05, 4.69) is 15.8 Å². The molecule has 0 aliphatic carbocycles. The van der Waals surface area contributed by atoms with Crippen LogP contribution in [0.25, 0.3) is 5.69 Å². The average Bonchev–Trinajstić information content (AvgIpc) is 3.56. The van der Waals surface area contributed by atoms with Gasteiger partial charge >= 0.3 is 0 Å². The fourth-order valence-electron chi connectivity index (χ4n) is 3.26. The normalized spacial score (nSPS) is 11.0. The first-order valence-corrected chi connectivity index (χ1v) is 11.4. The summed E-state index contributed by atoms with van der Waals surface area (Å²) in [5, 5.41) is 10.7. The van der Waals surface area contributed by atoms with Gasteiger partial charge in [-0.3, -0.25) is 30.0 Å². The van der Waals surface area contributed by atoms with E-state index >= 15 is 0 Å². The van der Waals surface area contributed by atoms with Gasteiger partial charge in [0.25, 0.3) is 5.91 Å². The number of amides is 2. The van der Waals surface area contributed by atoms with E-state index in [1.54, 1.807) is 19.4 Å². The Bertz CT molecular complexity index is 1430. The first-order chi connectivity index (χ1) is 17.1. The van der Waals surface area contributed by atoms with Crippen molar-refractivity contribution in [2.75, 3.05) is 7.11 Å². The lowest BCUT2D eigenvalue weighted by atomic mass is 10.1. The standard InChI is InChI=1S/C25H21N5O4S/c1-33-21-5-2-4-19(12-21)30-20(16-35-25(30)27-15-22-6-3-11-34-22)13-23(31)28-29-24(32)18-9-7-17(14-26)8-10-18/h2-12,16H,13,15H2,1H3,(H,28,31)(H,29,32). The number of carbonyl (C=O) groups excluding carboxylic acids is 2. The van der Waals surface area contributed by atoms with Gasteiger partial charge in [-0.1, -0.05) is 6.07 Å². The van der Waals surface area contributed by atoms with E-state index in [-0.39, 0.29) is 6.42 Å². The number of hydrazine groups is 1. The van der Waals surface area contributed by atoms with Crippen LogP contribution < -0.4 is 20.4 Å². The van der Waals surface area contributed by atoms with Crippen molar-refractivity contribution in [1.29, 1.82) is 5.26 Å². The molecule has 10 heteroatoms. The number of methoxy groups -OCH3 is 1. The lowest BCUT2D eigenvalue weighted by Crippen LogP contribution is -2.42. The molecule has 2 N–H and O–H groups in total. The summed E-state index contributed by atoms with van der Waals surface area (Å²) in [5.41, 5.74) is 7.08. The first-order valence-electron chi connectivity index (χ1n) is 10.5. The number of thiazole rings is 1. The summed E-state index contributed by atoms with van der Waals surface area (Å²) in [5.74, 6) is 0.505. The largest absolute Gasteiger partial charge is 0.497 e. The number of benzene rings is 2. The number of carbonyl (C=O) groups is 2. The van der Waals surface area contributed by atoms with Gasteiger partial charge in [0.15, 0.2) is 4.80 Å².